The summed E-state index contributed by atoms with van der Waals surface area (Å²) < 4.78 is 11.3. The van der Waals surface area contributed by atoms with Crippen LogP contribution in [0, 0.1) is 11.3 Å². The molecule has 0 fully saturated rings. The van der Waals surface area contributed by atoms with Gasteiger partial charge < -0.3 is 14.5 Å². The van der Waals surface area contributed by atoms with Gasteiger partial charge in [-0.2, -0.15) is 5.26 Å². The lowest BCUT2D eigenvalue weighted by Gasteiger charge is -2.12. The number of nitrogens with zero attached hydrogens (tertiary/aromatic N) is 2. The molecule has 158 valence electrons. The van der Waals surface area contributed by atoms with Crippen molar-refractivity contribution in [1.82, 2.24) is 9.97 Å². The molecule has 0 atom stereocenters. The number of benzene rings is 3. The van der Waals surface area contributed by atoms with Crippen LogP contribution < -0.4 is 15.0 Å². The molecule has 4 aromatic rings. The fourth-order valence-corrected chi connectivity index (χ4v) is 3.30. The molecule has 0 aliphatic heterocycles. The van der Waals surface area contributed by atoms with Crippen LogP contribution in [-0.2, 0) is 6.61 Å². The normalized spacial score (nSPS) is 11.2. The van der Waals surface area contributed by atoms with Gasteiger partial charge in [-0.15, -0.1) is 0 Å². The number of allylic oxidation sites excluding steroid dienone is 1. The van der Waals surface area contributed by atoms with Crippen molar-refractivity contribution in [1.29, 1.82) is 5.26 Å². The summed E-state index contributed by atoms with van der Waals surface area (Å²) in [7, 11) is 1.55. The third kappa shape index (κ3) is 4.64. The van der Waals surface area contributed by atoms with Crippen molar-refractivity contribution in [3.63, 3.8) is 0 Å². The molecule has 32 heavy (non-hydrogen) atoms. The van der Waals surface area contributed by atoms with Crippen molar-refractivity contribution in [3.05, 3.63) is 99.1 Å². The van der Waals surface area contributed by atoms with E-state index in [4.69, 9.17) is 21.1 Å². The topological polar surface area (TPSA) is 88.0 Å². The zero-order valence-corrected chi connectivity index (χ0v) is 17.9. The summed E-state index contributed by atoms with van der Waals surface area (Å²) in [5.41, 5.74) is 2.13. The number of aromatic nitrogens is 2. The second-order valence-corrected chi connectivity index (χ2v) is 7.36. The maximum atomic E-state index is 12.3. The van der Waals surface area contributed by atoms with E-state index >= 15 is 0 Å². The predicted octanol–water partition coefficient (Wildman–Crippen LogP) is 5.23. The summed E-state index contributed by atoms with van der Waals surface area (Å²) in [5.74, 6) is 1.29. The number of aromatic amines is 1. The number of H-pyrrole nitrogens is 1. The standard InChI is InChI=1S/C25H18ClN3O3/c1-31-23-13-17(8-11-22(23)32-15-16-6-9-19(26)10-7-16)12-18(14-27)24-28-21-5-3-2-4-20(21)25(30)29-24/h2-13H,15H2,1H3,(H,28,29,30). The summed E-state index contributed by atoms with van der Waals surface area (Å²) >= 11 is 5.92. The number of nitriles is 1. The van der Waals surface area contributed by atoms with Crippen LogP contribution in [0.3, 0.4) is 0 Å². The third-order valence-electron chi connectivity index (χ3n) is 4.79. The van der Waals surface area contributed by atoms with Crippen molar-refractivity contribution >= 4 is 34.2 Å². The lowest BCUT2D eigenvalue weighted by atomic mass is 10.1. The highest BCUT2D eigenvalue weighted by Gasteiger charge is 2.10. The first kappa shape index (κ1) is 21.2. The average Bonchev–Trinajstić information content (AvgIpc) is 2.82. The highest BCUT2D eigenvalue weighted by Crippen LogP contribution is 2.30. The van der Waals surface area contributed by atoms with E-state index in [1.165, 1.54) is 0 Å². The van der Waals surface area contributed by atoms with E-state index in [2.05, 4.69) is 16.0 Å². The van der Waals surface area contributed by atoms with E-state index in [9.17, 15) is 10.1 Å². The Morgan fingerprint density at radius 2 is 1.91 bits per heavy atom. The fourth-order valence-electron chi connectivity index (χ4n) is 3.17. The van der Waals surface area contributed by atoms with E-state index in [1.54, 1.807) is 67.8 Å². The van der Waals surface area contributed by atoms with Gasteiger partial charge in [0.1, 0.15) is 12.7 Å². The number of fused-ring (bicyclic) bond motifs is 1. The van der Waals surface area contributed by atoms with Gasteiger partial charge in [0.15, 0.2) is 17.3 Å². The number of nitrogens with one attached hydrogen (secondary N) is 1. The molecule has 0 unspecified atom stereocenters. The number of hydrogen-bond donors (Lipinski definition) is 1. The van der Waals surface area contributed by atoms with Gasteiger partial charge >= 0.3 is 0 Å². The second kappa shape index (κ2) is 9.38. The zero-order chi connectivity index (χ0) is 22.5. The molecule has 1 aromatic heterocycles. The van der Waals surface area contributed by atoms with Crippen molar-refractivity contribution in [2.24, 2.45) is 0 Å². The Morgan fingerprint density at radius 3 is 2.66 bits per heavy atom. The number of rotatable bonds is 6. The summed E-state index contributed by atoms with van der Waals surface area (Å²) in [4.78, 5) is 19.5. The van der Waals surface area contributed by atoms with Crippen LogP contribution in [0.4, 0.5) is 0 Å². The summed E-state index contributed by atoms with van der Waals surface area (Å²) in [6, 6.07) is 21.8. The van der Waals surface area contributed by atoms with Gasteiger partial charge in [0.05, 0.1) is 23.6 Å². The number of halogens is 1. The first-order valence-corrected chi connectivity index (χ1v) is 10.1. The lowest BCUT2D eigenvalue weighted by Crippen LogP contribution is -2.11. The molecular weight excluding hydrogens is 426 g/mol. The third-order valence-corrected chi connectivity index (χ3v) is 5.05. The van der Waals surface area contributed by atoms with Crippen molar-refractivity contribution < 1.29 is 9.47 Å². The highest BCUT2D eigenvalue weighted by atomic mass is 35.5. The predicted molar refractivity (Wildman–Crippen MR) is 125 cm³/mol. The maximum absolute atomic E-state index is 12.3. The van der Waals surface area contributed by atoms with Crippen LogP contribution in [0.5, 0.6) is 11.5 Å². The molecule has 6 nitrogen and oxygen atoms in total. The zero-order valence-electron chi connectivity index (χ0n) is 17.1. The first-order valence-electron chi connectivity index (χ1n) is 9.74. The van der Waals surface area contributed by atoms with Crippen LogP contribution in [0.15, 0.2) is 71.5 Å². The molecule has 0 saturated heterocycles. The minimum Gasteiger partial charge on any atom is -0.493 e. The van der Waals surface area contributed by atoms with Gasteiger partial charge in [0, 0.05) is 5.02 Å². The number of para-hydroxylation sites is 1. The molecule has 1 heterocycles. The van der Waals surface area contributed by atoms with Crippen LogP contribution in [0.1, 0.15) is 17.0 Å². The SMILES string of the molecule is COc1cc(C=C(C#N)c2nc3ccccc3c(=O)[nH]2)ccc1OCc1ccc(Cl)cc1. The molecule has 3 aromatic carbocycles. The largest absolute Gasteiger partial charge is 0.493 e. The van der Waals surface area contributed by atoms with Gasteiger partial charge in [0.25, 0.3) is 5.56 Å². The molecule has 0 bridgehead atoms. The molecule has 0 spiro atoms. The van der Waals surface area contributed by atoms with Crippen LogP contribution in [0.25, 0.3) is 22.6 Å². The van der Waals surface area contributed by atoms with E-state index in [1.807, 2.05) is 12.1 Å². The van der Waals surface area contributed by atoms with Gasteiger partial charge in [-0.3, -0.25) is 4.79 Å². The maximum Gasteiger partial charge on any atom is 0.259 e. The van der Waals surface area contributed by atoms with E-state index in [0.717, 1.165) is 5.56 Å². The minimum absolute atomic E-state index is 0.207. The van der Waals surface area contributed by atoms with Gasteiger partial charge in [-0.25, -0.2) is 4.98 Å². The van der Waals surface area contributed by atoms with Crippen LogP contribution >= 0.6 is 11.6 Å². The highest BCUT2D eigenvalue weighted by molar-refractivity contribution is 6.30. The molecule has 0 aliphatic rings. The molecule has 7 heteroatoms. The molecule has 0 radical (unpaired) electrons. The summed E-state index contributed by atoms with van der Waals surface area (Å²) in [6.45, 7) is 0.356. The number of methoxy groups -OCH3 is 1. The van der Waals surface area contributed by atoms with Gasteiger partial charge in [-0.05, 0) is 53.6 Å². The molecule has 0 aliphatic carbocycles. The minimum atomic E-state index is -0.296. The number of hydrogen-bond acceptors (Lipinski definition) is 5. The van der Waals surface area contributed by atoms with Crippen molar-refractivity contribution in [3.8, 4) is 17.6 Å². The van der Waals surface area contributed by atoms with Crippen LogP contribution in [-0.4, -0.2) is 17.1 Å². The number of ether oxygens (including phenoxy) is 2. The summed E-state index contributed by atoms with van der Waals surface area (Å²) in [5, 5.41) is 10.8. The van der Waals surface area contributed by atoms with Crippen molar-refractivity contribution in [2.45, 2.75) is 6.61 Å². The quantitative estimate of drug-likeness (QED) is 0.412. The Labute approximate surface area is 189 Å². The molecule has 0 saturated carbocycles. The van der Waals surface area contributed by atoms with Gasteiger partial charge in [-0.1, -0.05) is 41.9 Å². The van der Waals surface area contributed by atoms with Crippen LogP contribution in [0.2, 0.25) is 5.02 Å². The first-order chi connectivity index (χ1) is 15.6. The molecular formula is C25H18ClN3O3. The molecule has 4 rings (SSSR count). The van der Waals surface area contributed by atoms with Crippen molar-refractivity contribution in [2.75, 3.05) is 7.11 Å². The summed E-state index contributed by atoms with van der Waals surface area (Å²) in [6.07, 6.45) is 1.64. The monoisotopic (exact) mass is 443 g/mol. The molecule has 0 amide bonds. The Morgan fingerprint density at radius 1 is 1.12 bits per heavy atom. The van der Waals surface area contributed by atoms with E-state index in [0.29, 0.717) is 39.6 Å². The Balaban J connectivity index is 1.62. The molecule has 1 N–H and O–H groups in total. The van der Waals surface area contributed by atoms with E-state index < -0.39 is 0 Å². The van der Waals surface area contributed by atoms with E-state index in [-0.39, 0.29) is 17.0 Å². The Bertz CT molecular complexity index is 1400. The second-order valence-electron chi connectivity index (χ2n) is 6.93. The van der Waals surface area contributed by atoms with Gasteiger partial charge in [0.2, 0.25) is 0 Å². The lowest BCUT2D eigenvalue weighted by molar-refractivity contribution is 0.284. The Hall–Kier alpha value is -4.08. The Kier molecular flexibility index (Phi) is 6.20. The fraction of sp³-hybridized carbons (Fsp3) is 0.0800. The smallest absolute Gasteiger partial charge is 0.259 e. The average molecular weight is 444 g/mol.